The number of hydrogen-bond donors (Lipinski definition) is 1. The van der Waals surface area contributed by atoms with Crippen molar-refractivity contribution in [2.75, 3.05) is 11.5 Å². The van der Waals surface area contributed by atoms with Crippen molar-refractivity contribution in [3.8, 4) is 11.5 Å². The minimum absolute atomic E-state index is 0.0335. The van der Waals surface area contributed by atoms with E-state index < -0.39 is 17.8 Å². The number of urea groups is 1. The monoisotopic (exact) mass is 538 g/mol. The number of halogens is 2. The summed E-state index contributed by atoms with van der Waals surface area (Å²) in [5.41, 5.74) is 1.03. The highest BCUT2D eigenvalue weighted by atomic mass is 79.9. The standard InChI is InChI=1S/C26H20BrFN2O5/c1-2-34-19-10-8-18(9-11-19)30-25(32)20(24(31)29-26(30)33)13-16-7-12-23(21(27)14-16)35-15-17-5-3-4-6-22(17)28/h3-14H,2,15H2,1H3,(H,29,31,33)/b20-13+. The number of hydrogen-bond acceptors (Lipinski definition) is 5. The molecule has 178 valence electrons. The van der Waals surface area contributed by atoms with Gasteiger partial charge in [-0.3, -0.25) is 14.9 Å². The van der Waals surface area contributed by atoms with Gasteiger partial charge in [-0.05, 0) is 77.0 Å². The number of anilines is 1. The van der Waals surface area contributed by atoms with Crippen LogP contribution in [0.3, 0.4) is 0 Å². The first-order chi connectivity index (χ1) is 16.9. The number of ether oxygens (including phenoxy) is 2. The molecular formula is C26H20BrFN2O5. The van der Waals surface area contributed by atoms with Gasteiger partial charge in [0.25, 0.3) is 11.8 Å². The van der Waals surface area contributed by atoms with Crippen molar-refractivity contribution < 1.29 is 28.2 Å². The Morgan fingerprint density at radius 2 is 1.74 bits per heavy atom. The van der Waals surface area contributed by atoms with Gasteiger partial charge in [0.15, 0.2) is 0 Å². The molecule has 9 heteroatoms. The summed E-state index contributed by atoms with van der Waals surface area (Å²) in [6.45, 7) is 2.36. The van der Waals surface area contributed by atoms with Gasteiger partial charge in [0.2, 0.25) is 0 Å². The number of amides is 4. The Bertz CT molecular complexity index is 1320. The van der Waals surface area contributed by atoms with Crippen LogP contribution in [0.4, 0.5) is 14.9 Å². The van der Waals surface area contributed by atoms with E-state index in [0.717, 1.165) is 4.90 Å². The van der Waals surface area contributed by atoms with Gasteiger partial charge >= 0.3 is 6.03 Å². The molecule has 0 atom stereocenters. The van der Waals surface area contributed by atoms with E-state index >= 15 is 0 Å². The summed E-state index contributed by atoms with van der Waals surface area (Å²) in [5, 5.41) is 2.19. The summed E-state index contributed by atoms with van der Waals surface area (Å²) in [4.78, 5) is 38.8. The van der Waals surface area contributed by atoms with E-state index in [1.807, 2.05) is 6.92 Å². The molecule has 1 heterocycles. The number of barbiturate groups is 1. The van der Waals surface area contributed by atoms with Crippen LogP contribution in [0.15, 0.2) is 76.8 Å². The Morgan fingerprint density at radius 1 is 1.00 bits per heavy atom. The second-order valence-electron chi connectivity index (χ2n) is 7.45. The molecule has 0 aromatic heterocycles. The maximum atomic E-state index is 13.8. The van der Waals surface area contributed by atoms with Crippen molar-refractivity contribution >= 4 is 45.5 Å². The second-order valence-corrected chi connectivity index (χ2v) is 8.31. The van der Waals surface area contributed by atoms with E-state index in [-0.39, 0.29) is 18.0 Å². The molecule has 0 aliphatic carbocycles. The van der Waals surface area contributed by atoms with Crippen molar-refractivity contribution in [2.45, 2.75) is 13.5 Å². The molecule has 4 amide bonds. The topological polar surface area (TPSA) is 84.9 Å². The molecule has 0 radical (unpaired) electrons. The van der Waals surface area contributed by atoms with Crippen molar-refractivity contribution in [1.82, 2.24) is 5.32 Å². The molecule has 0 unspecified atom stereocenters. The lowest BCUT2D eigenvalue weighted by molar-refractivity contribution is -0.122. The van der Waals surface area contributed by atoms with E-state index in [2.05, 4.69) is 21.2 Å². The van der Waals surface area contributed by atoms with Gasteiger partial charge in [0.1, 0.15) is 29.5 Å². The quantitative estimate of drug-likeness (QED) is 0.328. The molecule has 0 spiro atoms. The van der Waals surface area contributed by atoms with Gasteiger partial charge in [0.05, 0.1) is 16.8 Å². The first kappa shape index (κ1) is 24.2. The number of nitrogens with zero attached hydrogens (tertiary/aromatic N) is 1. The summed E-state index contributed by atoms with van der Waals surface area (Å²) in [6, 6.07) is 16.8. The van der Waals surface area contributed by atoms with E-state index in [9.17, 15) is 18.8 Å². The zero-order valence-corrected chi connectivity index (χ0v) is 20.2. The van der Waals surface area contributed by atoms with Crippen LogP contribution in [0.5, 0.6) is 11.5 Å². The number of carbonyl (C=O) groups excluding carboxylic acids is 3. The number of carbonyl (C=O) groups is 3. The molecule has 1 N–H and O–H groups in total. The third kappa shape index (κ3) is 5.41. The maximum absolute atomic E-state index is 13.8. The maximum Gasteiger partial charge on any atom is 0.335 e. The number of nitrogens with one attached hydrogen (secondary N) is 1. The molecule has 3 aromatic rings. The Kier molecular flexibility index (Phi) is 7.26. The first-order valence-corrected chi connectivity index (χ1v) is 11.5. The van der Waals surface area contributed by atoms with E-state index in [1.54, 1.807) is 60.7 Å². The minimum atomic E-state index is -0.834. The SMILES string of the molecule is CCOc1ccc(N2C(=O)NC(=O)/C(=C\c3ccc(OCc4ccccc4F)c(Br)c3)C2=O)cc1. The zero-order valence-electron chi connectivity index (χ0n) is 18.6. The smallest absolute Gasteiger partial charge is 0.335 e. The molecule has 3 aromatic carbocycles. The van der Waals surface area contributed by atoms with E-state index in [4.69, 9.17) is 9.47 Å². The molecule has 1 aliphatic rings. The van der Waals surface area contributed by atoms with Crippen LogP contribution in [0.1, 0.15) is 18.1 Å². The molecule has 7 nitrogen and oxygen atoms in total. The first-order valence-electron chi connectivity index (χ1n) is 10.7. The predicted octanol–water partition coefficient (Wildman–Crippen LogP) is 5.23. The van der Waals surface area contributed by atoms with Gasteiger partial charge in [-0.1, -0.05) is 24.3 Å². The second kappa shape index (κ2) is 10.5. The van der Waals surface area contributed by atoms with Crippen LogP contribution >= 0.6 is 15.9 Å². The Labute approximate surface area is 209 Å². The fourth-order valence-corrected chi connectivity index (χ4v) is 3.92. The number of rotatable bonds is 7. The molecule has 1 saturated heterocycles. The summed E-state index contributed by atoms with van der Waals surface area (Å²) >= 11 is 3.40. The highest BCUT2D eigenvalue weighted by Crippen LogP contribution is 2.29. The van der Waals surface area contributed by atoms with Crippen LogP contribution in [0, 0.1) is 5.82 Å². The average molecular weight is 539 g/mol. The number of benzene rings is 3. The largest absolute Gasteiger partial charge is 0.494 e. The van der Waals surface area contributed by atoms with Crippen LogP contribution in [-0.4, -0.2) is 24.5 Å². The van der Waals surface area contributed by atoms with Gasteiger partial charge in [-0.25, -0.2) is 14.1 Å². The molecule has 0 bridgehead atoms. The van der Waals surface area contributed by atoms with Gasteiger partial charge in [-0.15, -0.1) is 0 Å². The van der Waals surface area contributed by atoms with Crippen LogP contribution < -0.4 is 19.7 Å². The Hall–Kier alpha value is -3.98. The summed E-state index contributed by atoms with van der Waals surface area (Å²) in [5.74, 6) is -0.855. The van der Waals surface area contributed by atoms with Crippen molar-refractivity contribution in [2.24, 2.45) is 0 Å². The lowest BCUT2D eigenvalue weighted by atomic mass is 10.1. The molecule has 35 heavy (non-hydrogen) atoms. The molecular weight excluding hydrogens is 519 g/mol. The van der Waals surface area contributed by atoms with Gasteiger partial charge < -0.3 is 9.47 Å². The number of imide groups is 2. The molecule has 4 rings (SSSR count). The fraction of sp³-hybridized carbons (Fsp3) is 0.115. The van der Waals surface area contributed by atoms with Crippen molar-refractivity contribution in [3.05, 3.63) is 93.7 Å². The lowest BCUT2D eigenvalue weighted by Gasteiger charge is -2.26. The van der Waals surface area contributed by atoms with E-state index in [1.165, 1.54) is 12.1 Å². The normalized spacial score (nSPS) is 14.8. The fourth-order valence-electron chi connectivity index (χ4n) is 3.41. The highest BCUT2D eigenvalue weighted by Gasteiger charge is 2.36. The predicted molar refractivity (Wildman–Crippen MR) is 131 cm³/mol. The molecule has 1 fully saturated rings. The Balaban J connectivity index is 1.55. The zero-order chi connectivity index (χ0) is 24.9. The lowest BCUT2D eigenvalue weighted by Crippen LogP contribution is -2.54. The molecule has 0 saturated carbocycles. The summed E-state index contributed by atoms with van der Waals surface area (Å²) in [6.07, 6.45) is 1.39. The highest BCUT2D eigenvalue weighted by molar-refractivity contribution is 9.10. The van der Waals surface area contributed by atoms with E-state index in [0.29, 0.717) is 39.4 Å². The van der Waals surface area contributed by atoms with Gasteiger partial charge in [-0.2, -0.15) is 0 Å². The molecule has 1 aliphatic heterocycles. The van der Waals surface area contributed by atoms with Crippen LogP contribution in [-0.2, 0) is 16.2 Å². The third-order valence-electron chi connectivity index (χ3n) is 5.12. The third-order valence-corrected chi connectivity index (χ3v) is 5.74. The van der Waals surface area contributed by atoms with Crippen molar-refractivity contribution in [1.29, 1.82) is 0 Å². The van der Waals surface area contributed by atoms with Crippen LogP contribution in [0.2, 0.25) is 0 Å². The minimum Gasteiger partial charge on any atom is -0.494 e. The Morgan fingerprint density at radius 3 is 2.43 bits per heavy atom. The average Bonchev–Trinajstić information content (AvgIpc) is 2.83. The summed E-state index contributed by atoms with van der Waals surface area (Å²) < 4.78 is 25.4. The van der Waals surface area contributed by atoms with Gasteiger partial charge in [0, 0.05) is 5.56 Å². The van der Waals surface area contributed by atoms with Crippen molar-refractivity contribution in [3.63, 3.8) is 0 Å². The van der Waals surface area contributed by atoms with Crippen LogP contribution in [0.25, 0.3) is 6.08 Å². The summed E-state index contributed by atoms with van der Waals surface area (Å²) in [7, 11) is 0.